The van der Waals surface area contributed by atoms with Gasteiger partial charge in [-0.3, -0.25) is 0 Å². The largest absolute Gasteiger partial charge is 1.00 e. The number of hydrogen-bond acceptors (Lipinski definition) is 1. The number of hydrogen-bond donors (Lipinski definition) is 0. The van der Waals surface area contributed by atoms with Crippen LogP contribution in [0.25, 0.3) is 0 Å². The second-order valence-electron chi connectivity index (χ2n) is 2.25. The van der Waals surface area contributed by atoms with Crippen LogP contribution in [0.15, 0.2) is 18.2 Å². The molecule has 0 spiro atoms. The van der Waals surface area contributed by atoms with Crippen LogP contribution in [0.2, 0.25) is 0 Å². The van der Waals surface area contributed by atoms with E-state index in [9.17, 15) is 5.11 Å². The standard InChI is InChI=1S/C8H10O.Li/c1-6-3-4-8(9)5-7(6)2;/h3-5,9H,1-2H3;/q;+1/p-1. The van der Waals surface area contributed by atoms with Crippen molar-refractivity contribution in [2.24, 2.45) is 0 Å². The second-order valence-corrected chi connectivity index (χ2v) is 2.25. The summed E-state index contributed by atoms with van der Waals surface area (Å²) in [6, 6.07) is 5.08. The Bertz CT molecular complexity index is 220. The van der Waals surface area contributed by atoms with E-state index in [-0.39, 0.29) is 24.6 Å². The summed E-state index contributed by atoms with van der Waals surface area (Å²) in [7, 11) is 0. The van der Waals surface area contributed by atoms with Gasteiger partial charge in [-0.1, -0.05) is 18.2 Å². The Labute approximate surface area is 73.3 Å². The summed E-state index contributed by atoms with van der Waals surface area (Å²) < 4.78 is 0. The minimum Gasteiger partial charge on any atom is -0.872 e. The van der Waals surface area contributed by atoms with Gasteiger partial charge < -0.3 is 5.11 Å². The van der Waals surface area contributed by atoms with Crippen LogP contribution in [0.3, 0.4) is 0 Å². The van der Waals surface area contributed by atoms with Crippen LogP contribution in [0, 0.1) is 13.8 Å². The van der Waals surface area contributed by atoms with Gasteiger partial charge in [0.05, 0.1) is 0 Å². The zero-order valence-corrected chi connectivity index (χ0v) is 6.64. The maximum absolute atomic E-state index is 10.6. The van der Waals surface area contributed by atoms with E-state index in [2.05, 4.69) is 0 Å². The third-order valence-electron chi connectivity index (χ3n) is 1.48. The molecular formula is C8H9LiO. The van der Waals surface area contributed by atoms with Gasteiger partial charge in [0.25, 0.3) is 0 Å². The molecule has 1 aromatic rings. The molecule has 0 N–H and O–H groups in total. The third kappa shape index (κ3) is 2.10. The average Bonchev–Trinajstić information content (AvgIpc) is 1.80. The molecule has 0 unspecified atom stereocenters. The Balaban J connectivity index is 0.000000810. The predicted molar refractivity (Wildman–Crippen MR) is 35.4 cm³/mol. The summed E-state index contributed by atoms with van der Waals surface area (Å²) in [6.07, 6.45) is 0. The molecule has 0 atom stereocenters. The first-order valence-electron chi connectivity index (χ1n) is 2.94. The molecular weight excluding hydrogens is 119 g/mol. The average molecular weight is 128 g/mol. The summed E-state index contributed by atoms with van der Waals surface area (Å²) in [6.45, 7) is 3.94. The maximum atomic E-state index is 10.6. The zero-order chi connectivity index (χ0) is 6.85. The molecule has 0 fully saturated rings. The van der Waals surface area contributed by atoms with E-state index in [1.165, 1.54) is 5.56 Å². The topological polar surface area (TPSA) is 23.1 Å². The van der Waals surface area contributed by atoms with Crippen molar-refractivity contribution in [2.75, 3.05) is 0 Å². The van der Waals surface area contributed by atoms with Gasteiger partial charge in [0, 0.05) is 0 Å². The molecule has 1 nitrogen and oxygen atoms in total. The molecule has 0 radical (unpaired) electrons. The van der Waals surface area contributed by atoms with Crippen molar-refractivity contribution in [3.63, 3.8) is 0 Å². The van der Waals surface area contributed by atoms with Crippen LogP contribution >= 0.6 is 0 Å². The molecule has 0 aliphatic rings. The first-order valence-corrected chi connectivity index (χ1v) is 2.94. The van der Waals surface area contributed by atoms with Gasteiger partial charge in [-0.15, -0.1) is 5.75 Å². The van der Waals surface area contributed by atoms with E-state index in [1.54, 1.807) is 12.1 Å². The summed E-state index contributed by atoms with van der Waals surface area (Å²) in [5, 5.41) is 10.6. The minimum atomic E-state index is 0. The van der Waals surface area contributed by atoms with Crippen LogP contribution in [0.5, 0.6) is 5.75 Å². The Morgan fingerprint density at radius 3 is 2.10 bits per heavy atom. The minimum absolute atomic E-state index is 0. The van der Waals surface area contributed by atoms with Crippen LogP contribution in [-0.2, 0) is 0 Å². The molecule has 0 saturated carbocycles. The fourth-order valence-corrected chi connectivity index (χ4v) is 0.714. The van der Waals surface area contributed by atoms with E-state index in [4.69, 9.17) is 0 Å². The number of benzene rings is 1. The van der Waals surface area contributed by atoms with Gasteiger partial charge in [-0.2, -0.15) is 0 Å². The van der Waals surface area contributed by atoms with Crippen LogP contribution in [0.1, 0.15) is 11.1 Å². The Kier molecular flexibility index (Phi) is 3.56. The smallest absolute Gasteiger partial charge is 0.872 e. The SMILES string of the molecule is Cc1ccc([O-])cc1C.[Li+]. The Hall–Kier alpha value is -0.383. The molecule has 0 bridgehead atoms. The van der Waals surface area contributed by atoms with Crippen molar-refractivity contribution in [3.05, 3.63) is 29.3 Å². The van der Waals surface area contributed by atoms with Crippen molar-refractivity contribution >= 4 is 0 Å². The Morgan fingerprint density at radius 2 is 1.70 bits per heavy atom. The fourth-order valence-electron chi connectivity index (χ4n) is 0.714. The van der Waals surface area contributed by atoms with Crippen LogP contribution in [0.4, 0.5) is 0 Å². The molecule has 0 heterocycles. The molecule has 0 amide bonds. The van der Waals surface area contributed by atoms with E-state index >= 15 is 0 Å². The first-order chi connectivity index (χ1) is 4.20. The molecule has 0 aromatic heterocycles. The first kappa shape index (κ1) is 9.62. The van der Waals surface area contributed by atoms with Crippen LogP contribution in [-0.4, -0.2) is 0 Å². The van der Waals surface area contributed by atoms with Gasteiger partial charge in [0.1, 0.15) is 0 Å². The van der Waals surface area contributed by atoms with Crippen molar-refractivity contribution in [1.29, 1.82) is 0 Å². The molecule has 10 heavy (non-hydrogen) atoms. The van der Waals surface area contributed by atoms with Crippen LogP contribution < -0.4 is 24.0 Å². The van der Waals surface area contributed by atoms with Gasteiger partial charge >= 0.3 is 18.9 Å². The fraction of sp³-hybridized carbons (Fsp3) is 0.250. The molecule has 0 aliphatic carbocycles. The molecule has 1 aromatic carbocycles. The summed E-state index contributed by atoms with van der Waals surface area (Å²) in [4.78, 5) is 0. The quantitative estimate of drug-likeness (QED) is 0.385. The van der Waals surface area contributed by atoms with E-state index in [0.717, 1.165) is 5.56 Å². The van der Waals surface area contributed by atoms with E-state index < -0.39 is 0 Å². The van der Waals surface area contributed by atoms with Gasteiger partial charge in [0.2, 0.25) is 0 Å². The van der Waals surface area contributed by atoms with E-state index in [0.29, 0.717) is 0 Å². The van der Waals surface area contributed by atoms with Crippen molar-refractivity contribution < 1.29 is 24.0 Å². The molecule has 1 rings (SSSR count). The zero-order valence-electron chi connectivity index (χ0n) is 6.64. The molecule has 0 saturated heterocycles. The monoisotopic (exact) mass is 128 g/mol. The summed E-state index contributed by atoms with van der Waals surface area (Å²) in [5.74, 6) is 0.0955. The van der Waals surface area contributed by atoms with Gasteiger partial charge in [-0.05, 0) is 25.0 Å². The van der Waals surface area contributed by atoms with Gasteiger partial charge in [-0.25, -0.2) is 0 Å². The number of aryl methyl sites for hydroxylation is 2. The molecule has 0 aliphatic heterocycles. The second kappa shape index (κ2) is 3.70. The maximum Gasteiger partial charge on any atom is 1.00 e. The molecule has 48 valence electrons. The van der Waals surface area contributed by atoms with E-state index in [1.807, 2.05) is 19.9 Å². The van der Waals surface area contributed by atoms with Gasteiger partial charge in [0.15, 0.2) is 0 Å². The third-order valence-corrected chi connectivity index (χ3v) is 1.48. The predicted octanol–water partition coefficient (Wildman–Crippen LogP) is -1.62. The van der Waals surface area contributed by atoms with Crippen molar-refractivity contribution in [1.82, 2.24) is 0 Å². The normalized spacial score (nSPS) is 8.60. The van der Waals surface area contributed by atoms with Crippen molar-refractivity contribution in [3.8, 4) is 5.75 Å². The number of rotatable bonds is 0. The van der Waals surface area contributed by atoms with Crippen molar-refractivity contribution in [2.45, 2.75) is 13.8 Å². The Morgan fingerprint density at radius 1 is 1.10 bits per heavy atom. The summed E-state index contributed by atoms with van der Waals surface area (Å²) in [5.41, 5.74) is 2.25. The summed E-state index contributed by atoms with van der Waals surface area (Å²) >= 11 is 0. The molecule has 2 heteroatoms.